The smallest absolute Gasteiger partial charge is 0.318 e. The van der Waals surface area contributed by atoms with Crippen LogP contribution in [0.5, 0.6) is 0 Å². The molecule has 1 fully saturated rings. The second kappa shape index (κ2) is 7.94. The Morgan fingerprint density at radius 2 is 1.76 bits per heavy atom. The lowest BCUT2D eigenvalue weighted by Crippen LogP contribution is -2.49. The summed E-state index contributed by atoms with van der Waals surface area (Å²) in [5.41, 5.74) is 6.88. The number of rotatable bonds is 5. The van der Waals surface area contributed by atoms with Gasteiger partial charge in [0, 0.05) is 39.1 Å². The third-order valence-corrected chi connectivity index (χ3v) is 6.26. The number of nitrogens with one attached hydrogen (secondary N) is 1. The molecule has 25 heavy (non-hydrogen) atoms. The largest absolute Gasteiger partial charge is 0.351 e. The number of carbonyl (C=O) groups excluding carboxylic acids is 2. The number of urea groups is 1. The van der Waals surface area contributed by atoms with Crippen LogP contribution in [0, 0.1) is 13.8 Å². The minimum Gasteiger partial charge on any atom is -0.351 e. The van der Waals surface area contributed by atoms with Crippen molar-refractivity contribution in [1.82, 2.24) is 14.5 Å². The molecule has 0 aromatic heterocycles. The van der Waals surface area contributed by atoms with Crippen molar-refractivity contribution in [1.29, 1.82) is 0 Å². The van der Waals surface area contributed by atoms with Gasteiger partial charge in [-0.25, -0.2) is 13.2 Å². The van der Waals surface area contributed by atoms with Crippen LogP contribution in [0.4, 0.5) is 4.79 Å². The first-order valence-electron chi connectivity index (χ1n) is 8.09. The summed E-state index contributed by atoms with van der Waals surface area (Å²) in [6, 6.07) is 4.29. The van der Waals surface area contributed by atoms with Crippen LogP contribution in [-0.2, 0) is 14.8 Å². The average Bonchev–Trinajstić information content (AvgIpc) is 2.55. The number of sulfonamides is 1. The van der Waals surface area contributed by atoms with Crippen molar-refractivity contribution >= 4 is 22.0 Å². The molecule has 0 unspecified atom stereocenters. The standard InChI is InChI=1S/C16H24N4O4S/c1-12-3-4-14(11-13(12)2)25(23,24)20-9-7-19(8-10-20)6-5-15(21)18-16(17)22/h3-4,11H,5-10H2,1-2H3,(H3,17,18,21,22). The van der Waals surface area contributed by atoms with E-state index in [1.165, 1.54) is 4.31 Å². The number of carbonyl (C=O) groups is 2. The van der Waals surface area contributed by atoms with E-state index in [0.717, 1.165) is 11.1 Å². The fourth-order valence-corrected chi connectivity index (χ4v) is 4.18. The van der Waals surface area contributed by atoms with E-state index in [2.05, 4.69) is 0 Å². The van der Waals surface area contributed by atoms with E-state index in [1.54, 1.807) is 12.1 Å². The Morgan fingerprint density at radius 3 is 2.32 bits per heavy atom. The van der Waals surface area contributed by atoms with Gasteiger partial charge in [-0.15, -0.1) is 0 Å². The summed E-state index contributed by atoms with van der Waals surface area (Å²) < 4.78 is 26.9. The van der Waals surface area contributed by atoms with Crippen LogP contribution < -0.4 is 11.1 Å². The average molecular weight is 368 g/mol. The van der Waals surface area contributed by atoms with Crippen molar-refractivity contribution in [3.05, 3.63) is 29.3 Å². The zero-order chi connectivity index (χ0) is 18.6. The van der Waals surface area contributed by atoms with Gasteiger partial charge >= 0.3 is 6.03 Å². The molecule has 1 aromatic rings. The van der Waals surface area contributed by atoms with Crippen LogP contribution in [0.2, 0.25) is 0 Å². The third kappa shape index (κ3) is 5.00. The molecule has 0 radical (unpaired) electrons. The number of piperazine rings is 1. The molecule has 1 aromatic carbocycles. The van der Waals surface area contributed by atoms with Crippen molar-refractivity contribution in [2.24, 2.45) is 5.73 Å². The number of imide groups is 1. The Balaban J connectivity index is 1.91. The summed E-state index contributed by atoms with van der Waals surface area (Å²) in [7, 11) is -3.51. The van der Waals surface area contributed by atoms with Crippen LogP contribution in [0.25, 0.3) is 0 Å². The highest BCUT2D eigenvalue weighted by molar-refractivity contribution is 7.89. The SMILES string of the molecule is Cc1ccc(S(=O)(=O)N2CCN(CCC(=O)NC(N)=O)CC2)cc1C. The number of aryl methyl sites for hydroxylation is 2. The van der Waals surface area contributed by atoms with Gasteiger partial charge in [0.2, 0.25) is 15.9 Å². The first-order chi connectivity index (χ1) is 11.7. The first kappa shape index (κ1) is 19.4. The molecule has 8 nitrogen and oxygen atoms in total. The molecular formula is C16H24N4O4S. The van der Waals surface area contributed by atoms with Crippen LogP contribution in [0.1, 0.15) is 17.5 Å². The maximum Gasteiger partial charge on any atom is 0.318 e. The number of benzene rings is 1. The lowest BCUT2D eigenvalue weighted by atomic mass is 10.1. The zero-order valence-electron chi connectivity index (χ0n) is 14.5. The van der Waals surface area contributed by atoms with Crippen LogP contribution in [-0.4, -0.2) is 62.3 Å². The summed E-state index contributed by atoms with van der Waals surface area (Å²) in [4.78, 5) is 24.3. The van der Waals surface area contributed by atoms with Gasteiger partial charge in [-0.2, -0.15) is 4.31 Å². The molecule has 2 rings (SSSR count). The van der Waals surface area contributed by atoms with Gasteiger partial charge in [0.05, 0.1) is 4.90 Å². The molecule has 0 spiro atoms. The summed E-state index contributed by atoms with van der Waals surface area (Å²) in [5, 5.41) is 2.01. The molecule has 1 aliphatic rings. The van der Waals surface area contributed by atoms with Crippen molar-refractivity contribution in [2.75, 3.05) is 32.7 Å². The highest BCUT2D eigenvalue weighted by atomic mass is 32.2. The second-order valence-electron chi connectivity index (χ2n) is 6.15. The summed E-state index contributed by atoms with van der Waals surface area (Å²) in [5.74, 6) is -0.433. The number of amides is 3. The lowest BCUT2D eigenvalue weighted by Gasteiger charge is -2.33. The van der Waals surface area contributed by atoms with Crippen molar-refractivity contribution in [2.45, 2.75) is 25.2 Å². The highest BCUT2D eigenvalue weighted by Gasteiger charge is 2.28. The molecule has 3 N–H and O–H groups in total. The fourth-order valence-electron chi connectivity index (χ4n) is 2.68. The molecular weight excluding hydrogens is 344 g/mol. The van der Waals surface area contributed by atoms with Crippen molar-refractivity contribution in [3.63, 3.8) is 0 Å². The lowest BCUT2D eigenvalue weighted by molar-refractivity contribution is -0.120. The van der Waals surface area contributed by atoms with Crippen LogP contribution >= 0.6 is 0 Å². The first-order valence-corrected chi connectivity index (χ1v) is 9.53. The Labute approximate surface area is 148 Å². The predicted octanol–water partition coefficient (Wildman–Crippen LogP) is 0.195. The number of nitrogens with zero attached hydrogens (tertiary/aromatic N) is 2. The Bertz CT molecular complexity index is 755. The molecule has 1 saturated heterocycles. The van der Waals surface area contributed by atoms with Crippen LogP contribution in [0.15, 0.2) is 23.1 Å². The maximum absolute atomic E-state index is 12.7. The predicted molar refractivity (Wildman–Crippen MR) is 93.5 cm³/mol. The van der Waals surface area contributed by atoms with Crippen molar-refractivity contribution in [3.8, 4) is 0 Å². The van der Waals surface area contributed by atoms with E-state index >= 15 is 0 Å². The molecule has 0 saturated carbocycles. The molecule has 0 bridgehead atoms. The Morgan fingerprint density at radius 1 is 1.12 bits per heavy atom. The highest BCUT2D eigenvalue weighted by Crippen LogP contribution is 2.20. The van der Waals surface area contributed by atoms with Gasteiger partial charge in [0.1, 0.15) is 0 Å². The third-order valence-electron chi connectivity index (χ3n) is 4.37. The summed E-state index contributed by atoms with van der Waals surface area (Å²) in [6.07, 6.45) is 0.146. The fraction of sp³-hybridized carbons (Fsp3) is 0.500. The molecule has 0 aliphatic carbocycles. The molecule has 1 heterocycles. The minimum atomic E-state index is -3.51. The van der Waals surface area contributed by atoms with E-state index in [-0.39, 0.29) is 6.42 Å². The molecule has 3 amide bonds. The van der Waals surface area contributed by atoms with E-state index in [0.29, 0.717) is 37.6 Å². The number of hydrogen-bond acceptors (Lipinski definition) is 5. The molecule has 138 valence electrons. The Hall–Kier alpha value is -1.97. The van der Waals surface area contributed by atoms with E-state index in [9.17, 15) is 18.0 Å². The number of hydrogen-bond donors (Lipinski definition) is 2. The summed E-state index contributed by atoms with van der Waals surface area (Å²) >= 11 is 0. The summed E-state index contributed by atoms with van der Waals surface area (Å²) in [6.45, 7) is 6.10. The van der Waals surface area contributed by atoms with Gasteiger partial charge in [0.25, 0.3) is 0 Å². The normalized spacial score (nSPS) is 16.6. The number of primary amides is 1. The quantitative estimate of drug-likeness (QED) is 0.771. The molecule has 9 heteroatoms. The monoisotopic (exact) mass is 368 g/mol. The topological polar surface area (TPSA) is 113 Å². The van der Waals surface area contributed by atoms with Gasteiger partial charge < -0.3 is 10.6 Å². The number of nitrogens with two attached hydrogens (primary N) is 1. The van der Waals surface area contributed by atoms with Gasteiger partial charge in [-0.3, -0.25) is 10.1 Å². The minimum absolute atomic E-state index is 0.146. The zero-order valence-corrected chi connectivity index (χ0v) is 15.3. The van der Waals surface area contributed by atoms with Crippen LogP contribution in [0.3, 0.4) is 0 Å². The van der Waals surface area contributed by atoms with E-state index in [1.807, 2.05) is 30.1 Å². The van der Waals surface area contributed by atoms with Gasteiger partial charge in [0.15, 0.2) is 0 Å². The van der Waals surface area contributed by atoms with Gasteiger partial charge in [-0.1, -0.05) is 6.07 Å². The van der Waals surface area contributed by atoms with E-state index < -0.39 is 22.0 Å². The maximum atomic E-state index is 12.7. The molecule has 1 aliphatic heterocycles. The van der Waals surface area contributed by atoms with Gasteiger partial charge in [-0.05, 0) is 37.1 Å². The molecule has 0 atom stereocenters. The second-order valence-corrected chi connectivity index (χ2v) is 8.09. The van der Waals surface area contributed by atoms with E-state index in [4.69, 9.17) is 5.73 Å². The Kier molecular flexibility index (Phi) is 6.15. The van der Waals surface area contributed by atoms with Crippen molar-refractivity contribution < 1.29 is 18.0 Å².